The molecule has 1 heterocycles. The van der Waals surface area contributed by atoms with Gasteiger partial charge < -0.3 is 14.5 Å². The van der Waals surface area contributed by atoms with E-state index in [-0.39, 0.29) is 0 Å². The summed E-state index contributed by atoms with van der Waals surface area (Å²) in [6.07, 6.45) is 5.69. The van der Waals surface area contributed by atoms with Crippen LogP contribution in [0.15, 0.2) is 83.9 Å². The van der Waals surface area contributed by atoms with E-state index in [0.29, 0.717) is 0 Å². The summed E-state index contributed by atoms with van der Waals surface area (Å²) in [5.74, 6) is 2.69. The second kappa shape index (κ2) is 7.96. The minimum atomic E-state index is 0.808. The van der Waals surface area contributed by atoms with E-state index in [9.17, 15) is 0 Å². The van der Waals surface area contributed by atoms with Crippen LogP contribution in [0.25, 0.3) is 5.57 Å². The van der Waals surface area contributed by atoms with Crippen molar-refractivity contribution in [2.24, 2.45) is 4.99 Å². The smallest absolute Gasteiger partial charge is 0.141 e. The summed E-state index contributed by atoms with van der Waals surface area (Å²) < 4.78 is 5.36. The Balaban J connectivity index is 2.00. The molecule has 0 unspecified atom stereocenters. The molecule has 0 bridgehead atoms. The fraction of sp³-hybridized carbons (Fsp3) is 0.174. The molecule has 2 aromatic carbocycles. The Labute approximate surface area is 161 Å². The van der Waals surface area contributed by atoms with Crippen molar-refractivity contribution in [2.45, 2.75) is 6.92 Å². The zero-order chi connectivity index (χ0) is 19.4. The van der Waals surface area contributed by atoms with E-state index in [2.05, 4.69) is 59.6 Å². The fourth-order valence-corrected chi connectivity index (χ4v) is 3.17. The van der Waals surface area contributed by atoms with Gasteiger partial charge in [0.2, 0.25) is 0 Å². The summed E-state index contributed by atoms with van der Waals surface area (Å²) in [7, 11) is 5.75. The first-order valence-corrected chi connectivity index (χ1v) is 8.84. The number of methoxy groups -OCH3 is 1. The minimum Gasteiger partial charge on any atom is -0.497 e. The summed E-state index contributed by atoms with van der Waals surface area (Å²) in [5.41, 5.74) is 4.33. The fourth-order valence-electron chi connectivity index (χ4n) is 3.17. The SMILES string of the molecule is C=C/C(=C1/N=CC=C(N(C)c2cccc(C)c2)N1C)c1cccc(OC)c1. The number of ether oxygens (including phenoxy) is 1. The topological polar surface area (TPSA) is 28.1 Å². The van der Waals surface area contributed by atoms with Crippen LogP contribution < -0.4 is 9.64 Å². The van der Waals surface area contributed by atoms with Crippen LogP contribution in [-0.4, -0.2) is 32.3 Å². The number of anilines is 1. The van der Waals surface area contributed by atoms with Crippen molar-refractivity contribution >= 4 is 17.5 Å². The van der Waals surface area contributed by atoms with Gasteiger partial charge >= 0.3 is 0 Å². The van der Waals surface area contributed by atoms with Crippen LogP contribution in [0.4, 0.5) is 5.69 Å². The summed E-state index contributed by atoms with van der Waals surface area (Å²) in [5, 5.41) is 0. The molecule has 0 N–H and O–H groups in total. The first kappa shape index (κ1) is 18.5. The maximum atomic E-state index is 5.36. The molecule has 0 radical (unpaired) electrons. The Hall–Kier alpha value is -3.27. The predicted molar refractivity (Wildman–Crippen MR) is 114 cm³/mol. The van der Waals surface area contributed by atoms with Gasteiger partial charge in [-0.15, -0.1) is 0 Å². The summed E-state index contributed by atoms with van der Waals surface area (Å²) in [4.78, 5) is 8.86. The lowest BCUT2D eigenvalue weighted by atomic mass is 10.0. The van der Waals surface area contributed by atoms with E-state index in [1.54, 1.807) is 7.11 Å². The third kappa shape index (κ3) is 3.80. The Morgan fingerprint density at radius 1 is 1.19 bits per heavy atom. The standard InChI is InChI=1S/C23H25N3O/c1-6-21(18-10-8-12-20(16-18)27-5)23-24-14-13-22(26(23)4)25(3)19-11-7-9-17(2)15-19/h6-16H,1H2,2-5H3/b23-21+. The molecule has 2 aromatic rings. The maximum Gasteiger partial charge on any atom is 0.141 e. The number of nitrogens with zero attached hydrogens (tertiary/aromatic N) is 3. The molecule has 4 heteroatoms. The molecule has 4 nitrogen and oxygen atoms in total. The molecule has 0 spiro atoms. The number of rotatable bonds is 5. The highest BCUT2D eigenvalue weighted by molar-refractivity contribution is 5.83. The first-order chi connectivity index (χ1) is 13.0. The lowest BCUT2D eigenvalue weighted by Crippen LogP contribution is -2.32. The summed E-state index contributed by atoms with van der Waals surface area (Å²) >= 11 is 0. The highest BCUT2D eigenvalue weighted by Gasteiger charge is 2.20. The number of hydrogen-bond donors (Lipinski definition) is 0. The molecule has 1 aliphatic rings. The molecule has 0 aliphatic carbocycles. The van der Waals surface area contributed by atoms with E-state index in [1.807, 2.05) is 49.7 Å². The van der Waals surface area contributed by atoms with Gasteiger partial charge in [0, 0.05) is 31.6 Å². The summed E-state index contributed by atoms with van der Waals surface area (Å²) in [6.45, 7) is 6.11. The molecule has 0 saturated heterocycles. The van der Waals surface area contributed by atoms with Gasteiger partial charge in [-0.1, -0.05) is 36.9 Å². The highest BCUT2D eigenvalue weighted by atomic mass is 16.5. The van der Waals surface area contributed by atoms with E-state index in [4.69, 9.17) is 4.74 Å². The Morgan fingerprint density at radius 2 is 1.96 bits per heavy atom. The second-order valence-corrected chi connectivity index (χ2v) is 6.43. The Kier molecular flexibility index (Phi) is 5.46. The average molecular weight is 359 g/mol. The molecular weight excluding hydrogens is 334 g/mol. The molecule has 1 aliphatic heterocycles. The van der Waals surface area contributed by atoms with Crippen molar-refractivity contribution in [3.63, 3.8) is 0 Å². The van der Waals surface area contributed by atoms with Crippen molar-refractivity contribution < 1.29 is 4.74 Å². The van der Waals surface area contributed by atoms with Crippen molar-refractivity contribution in [2.75, 3.05) is 26.1 Å². The maximum absolute atomic E-state index is 5.36. The molecule has 0 saturated carbocycles. The Bertz CT molecular complexity index is 940. The molecule has 27 heavy (non-hydrogen) atoms. The first-order valence-electron chi connectivity index (χ1n) is 8.84. The van der Waals surface area contributed by atoms with Crippen molar-refractivity contribution in [3.05, 3.63) is 90.0 Å². The number of benzene rings is 2. The third-order valence-electron chi connectivity index (χ3n) is 4.64. The third-order valence-corrected chi connectivity index (χ3v) is 4.64. The molecule has 3 rings (SSSR count). The van der Waals surface area contributed by atoms with Gasteiger partial charge in [0.15, 0.2) is 0 Å². The lowest BCUT2D eigenvalue weighted by molar-refractivity contribution is 0.414. The van der Waals surface area contributed by atoms with Gasteiger partial charge in [0.05, 0.1) is 7.11 Å². The zero-order valence-corrected chi connectivity index (χ0v) is 16.3. The van der Waals surface area contributed by atoms with E-state index in [1.165, 1.54) is 5.56 Å². The minimum absolute atomic E-state index is 0.808. The normalized spacial score (nSPS) is 15.3. The molecule has 0 amide bonds. The number of aryl methyl sites for hydroxylation is 1. The van der Waals surface area contributed by atoms with Crippen LogP contribution in [0, 0.1) is 6.92 Å². The van der Waals surface area contributed by atoms with E-state index >= 15 is 0 Å². The van der Waals surface area contributed by atoms with Gasteiger partial charge in [-0.05, 0) is 48.4 Å². The van der Waals surface area contributed by atoms with Crippen molar-refractivity contribution in [1.29, 1.82) is 0 Å². The van der Waals surface area contributed by atoms with Crippen LogP contribution in [0.5, 0.6) is 5.75 Å². The predicted octanol–water partition coefficient (Wildman–Crippen LogP) is 4.85. The quantitative estimate of drug-likeness (QED) is 0.764. The monoisotopic (exact) mass is 359 g/mol. The van der Waals surface area contributed by atoms with Crippen molar-refractivity contribution in [3.8, 4) is 5.75 Å². The molecule has 0 aromatic heterocycles. The van der Waals surface area contributed by atoms with Gasteiger partial charge in [0.1, 0.15) is 17.4 Å². The van der Waals surface area contributed by atoms with Crippen LogP contribution in [0.1, 0.15) is 11.1 Å². The average Bonchev–Trinajstić information content (AvgIpc) is 2.69. The summed E-state index contributed by atoms with van der Waals surface area (Å²) in [6, 6.07) is 16.4. The molecule has 138 valence electrons. The Morgan fingerprint density at radius 3 is 2.67 bits per heavy atom. The number of hydrogen-bond acceptors (Lipinski definition) is 4. The number of allylic oxidation sites excluding steroid dienone is 3. The van der Waals surface area contributed by atoms with E-state index in [0.717, 1.165) is 34.2 Å². The van der Waals surface area contributed by atoms with Crippen molar-refractivity contribution in [1.82, 2.24) is 4.90 Å². The van der Waals surface area contributed by atoms with Gasteiger partial charge in [0.25, 0.3) is 0 Å². The lowest BCUT2D eigenvalue weighted by Gasteiger charge is -2.33. The molecular formula is C23H25N3O. The van der Waals surface area contributed by atoms with Crippen LogP contribution in [0.3, 0.4) is 0 Å². The van der Waals surface area contributed by atoms with Gasteiger partial charge in [-0.2, -0.15) is 0 Å². The highest BCUT2D eigenvalue weighted by Crippen LogP contribution is 2.31. The molecule has 0 fully saturated rings. The largest absolute Gasteiger partial charge is 0.497 e. The number of aliphatic imine (C=N–C) groups is 1. The van der Waals surface area contributed by atoms with Gasteiger partial charge in [-0.3, -0.25) is 0 Å². The second-order valence-electron chi connectivity index (χ2n) is 6.43. The van der Waals surface area contributed by atoms with Crippen LogP contribution in [-0.2, 0) is 0 Å². The van der Waals surface area contributed by atoms with Crippen LogP contribution in [0.2, 0.25) is 0 Å². The van der Waals surface area contributed by atoms with Crippen LogP contribution >= 0.6 is 0 Å². The van der Waals surface area contributed by atoms with Gasteiger partial charge in [-0.25, -0.2) is 4.99 Å². The zero-order valence-electron chi connectivity index (χ0n) is 16.3. The van der Waals surface area contributed by atoms with E-state index < -0.39 is 0 Å². The molecule has 0 atom stereocenters.